The van der Waals surface area contributed by atoms with Crippen LogP contribution in [0.3, 0.4) is 0 Å². The number of rotatable bonds is 3. The first-order chi connectivity index (χ1) is 11.5. The monoisotopic (exact) mass is 396 g/mol. The number of fused-ring (bicyclic) bond motifs is 1. The van der Waals surface area contributed by atoms with Crippen molar-refractivity contribution >= 4 is 27.7 Å². The molecular formula is C17H21BrN2O4. The molecule has 3 rings (SSSR count). The quantitative estimate of drug-likeness (QED) is 0.807. The number of hydrogen-bond donors (Lipinski definition) is 2. The van der Waals surface area contributed by atoms with Crippen molar-refractivity contribution in [2.24, 2.45) is 5.92 Å². The summed E-state index contributed by atoms with van der Waals surface area (Å²) in [6.45, 7) is 1.22. The van der Waals surface area contributed by atoms with E-state index in [0.717, 1.165) is 22.9 Å². The van der Waals surface area contributed by atoms with Crippen LogP contribution in [0, 0.1) is 5.92 Å². The summed E-state index contributed by atoms with van der Waals surface area (Å²) in [6.07, 6.45) is 1.34. The van der Waals surface area contributed by atoms with Crippen LogP contribution in [0.2, 0.25) is 0 Å². The number of hydrogen-bond acceptors (Lipinski definition) is 4. The summed E-state index contributed by atoms with van der Waals surface area (Å²) in [5.74, 6) is 0.128. The molecule has 6 nitrogen and oxygen atoms in total. The van der Waals surface area contributed by atoms with Gasteiger partial charge in [-0.1, -0.05) is 15.9 Å². The van der Waals surface area contributed by atoms with Crippen molar-refractivity contribution in [1.82, 2.24) is 10.2 Å². The number of amides is 2. The van der Waals surface area contributed by atoms with Crippen LogP contribution >= 0.6 is 15.9 Å². The molecule has 130 valence electrons. The smallest absolute Gasteiger partial charge is 0.257 e. The van der Waals surface area contributed by atoms with Crippen LogP contribution in [0.25, 0.3) is 0 Å². The van der Waals surface area contributed by atoms with Crippen LogP contribution in [-0.2, 0) is 11.2 Å². The second kappa shape index (κ2) is 7.11. The van der Waals surface area contributed by atoms with Crippen LogP contribution < -0.4 is 10.1 Å². The van der Waals surface area contributed by atoms with Gasteiger partial charge < -0.3 is 20.1 Å². The molecule has 1 saturated heterocycles. The predicted molar refractivity (Wildman–Crippen MR) is 92.0 cm³/mol. The lowest BCUT2D eigenvalue weighted by Gasteiger charge is -2.24. The van der Waals surface area contributed by atoms with E-state index in [1.54, 1.807) is 18.0 Å². The van der Waals surface area contributed by atoms with Crippen LogP contribution in [0.4, 0.5) is 0 Å². The van der Waals surface area contributed by atoms with Crippen molar-refractivity contribution in [2.45, 2.75) is 25.4 Å². The molecule has 1 aromatic rings. The number of nitrogens with zero attached hydrogens (tertiary/aromatic N) is 1. The van der Waals surface area contributed by atoms with E-state index in [1.807, 2.05) is 6.07 Å². The number of ether oxygens (including phenoxy) is 1. The van der Waals surface area contributed by atoms with Crippen molar-refractivity contribution in [3.8, 4) is 5.75 Å². The van der Waals surface area contributed by atoms with Crippen molar-refractivity contribution < 1.29 is 19.4 Å². The summed E-state index contributed by atoms with van der Waals surface area (Å²) in [5, 5.41) is 12.7. The minimum atomic E-state index is -0.682. The normalized spacial score (nSPS) is 22.7. The lowest BCUT2D eigenvalue weighted by molar-refractivity contribution is -0.122. The molecule has 2 aliphatic heterocycles. The van der Waals surface area contributed by atoms with Crippen molar-refractivity contribution in [2.75, 3.05) is 26.7 Å². The Labute approximate surface area is 149 Å². The van der Waals surface area contributed by atoms with Crippen LogP contribution in [-0.4, -0.2) is 54.7 Å². The Kier molecular flexibility index (Phi) is 5.10. The molecular weight excluding hydrogens is 376 g/mol. The molecule has 0 spiro atoms. The zero-order valence-electron chi connectivity index (χ0n) is 13.5. The number of carbonyl (C=O) groups is 2. The number of halogens is 1. The minimum absolute atomic E-state index is 0.127. The lowest BCUT2D eigenvalue weighted by Crippen LogP contribution is -2.31. The van der Waals surface area contributed by atoms with Gasteiger partial charge in [0.1, 0.15) is 5.75 Å². The van der Waals surface area contributed by atoms with Gasteiger partial charge in [-0.05, 0) is 25.0 Å². The van der Waals surface area contributed by atoms with Crippen molar-refractivity contribution in [1.29, 1.82) is 0 Å². The first kappa shape index (κ1) is 17.2. The van der Waals surface area contributed by atoms with Gasteiger partial charge in [-0.3, -0.25) is 9.59 Å². The first-order valence-corrected chi connectivity index (χ1v) is 8.92. The summed E-state index contributed by atoms with van der Waals surface area (Å²) >= 11 is 3.51. The molecule has 24 heavy (non-hydrogen) atoms. The summed E-state index contributed by atoms with van der Waals surface area (Å²) < 4.78 is 6.70. The number of benzene rings is 1. The molecule has 2 aliphatic rings. The molecule has 1 fully saturated rings. The number of β-amino-alcohol motifs (C(OH)–C–C–N with tert-alkyl or cyclic N) is 1. The summed E-state index contributed by atoms with van der Waals surface area (Å²) in [4.78, 5) is 26.0. The Hall–Kier alpha value is -1.60. The van der Waals surface area contributed by atoms with Crippen molar-refractivity contribution in [3.63, 3.8) is 0 Å². The second-order valence-electron chi connectivity index (χ2n) is 6.27. The number of carbonyl (C=O) groups excluding carboxylic acids is 2. The van der Waals surface area contributed by atoms with Gasteiger partial charge in [-0.25, -0.2) is 0 Å². The Morgan fingerprint density at radius 2 is 2.21 bits per heavy atom. The van der Waals surface area contributed by atoms with Crippen LogP contribution in [0.15, 0.2) is 16.6 Å². The summed E-state index contributed by atoms with van der Waals surface area (Å²) in [6, 6.07) is 3.63. The molecule has 0 bridgehead atoms. The average Bonchev–Trinajstić information content (AvgIpc) is 2.95. The summed E-state index contributed by atoms with van der Waals surface area (Å²) in [7, 11) is 1.57. The summed E-state index contributed by atoms with van der Waals surface area (Å²) in [5.41, 5.74) is 1.55. The lowest BCUT2D eigenvalue weighted by atomic mass is 10.0. The SMILES string of the molecule is CNC(=O)C[C@@H]1CN(C(=O)c2ccc(Br)c3c2OCCC3)C[C@H]1O. The second-order valence-corrected chi connectivity index (χ2v) is 7.12. The molecule has 2 heterocycles. The van der Waals surface area contributed by atoms with E-state index in [2.05, 4.69) is 21.2 Å². The Morgan fingerprint density at radius 1 is 1.42 bits per heavy atom. The molecule has 0 unspecified atom stereocenters. The van der Waals surface area contributed by atoms with E-state index in [0.29, 0.717) is 24.5 Å². The minimum Gasteiger partial charge on any atom is -0.492 e. The van der Waals surface area contributed by atoms with Crippen molar-refractivity contribution in [3.05, 3.63) is 27.7 Å². The highest BCUT2D eigenvalue weighted by atomic mass is 79.9. The van der Waals surface area contributed by atoms with E-state index >= 15 is 0 Å². The standard InChI is InChI=1S/C17H21BrN2O4/c1-19-15(22)7-10-8-20(9-14(10)21)17(23)12-4-5-13(18)11-3-2-6-24-16(11)12/h4-5,10,14,21H,2-3,6-9H2,1H3,(H,19,22)/t10-,14-/m1/s1. The van der Waals surface area contributed by atoms with E-state index in [-0.39, 0.29) is 30.7 Å². The third-order valence-electron chi connectivity index (χ3n) is 4.67. The van der Waals surface area contributed by atoms with Gasteiger partial charge >= 0.3 is 0 Å². The topological polar surface area (TPSA) is 78.9 Å². The maximum Gasteiger partial charge on any atom is 0.257 e. The van der Waals surface area contributed by atoms with Gasteiger partial charge in [0.2, 0.25) is 5.91 Å². The fourth-order valence-electron chi connectivity index (χ4n) is 3.32. The molecule has 2 N–H and O–H groups in total. The maximum atomic E-state index is 12.9. The molecule has 2 amide bonds. The predicted octanol–water partition coefficient (Wildman–Crippen LogP) is 1.34. The highest BCUT2D eigenvalue weighted by molar-refractivity contribution is 9.10. The molecule has 1 aromatic carbocycles. The van der Waals surface area contributed by atoms with E-state index < -0.39 is 6.10 Å². The van der Waals surface area contributed by atoms with E-state index in [9.17, 15) is 14.7 Å². The van der Waals surface area contributed by atoms with E-state index in [4.69, 9.17) is 4.74 Å². The average molecular weight is 397 g/mol. The fraction of sp³-hybridized carbons (Fsp3) is 0.529. The zero-order chi connectivity index (χ0) is 17.3. The Morgan fingerprint density at radius 3 is 2.96 bits per heavy atom. The molecule has 0 aromatic heterocycles. The number of aliphatic hydroxyl groups excluding tert-OH is 1. The zero-order valence-corrected chi connectivity index (χ0v) is 15.1. The molecule has 2 atom stereocenters. The molecule has 0 saturated carbocycles. The number of aliphatic hydroxyl groups is 1. The van der Waals surface area contributed by atoms with Gasteiger partial charge in [0.05, 0.1) is 18.3 Å². The van der Waals surface area contributed by atoms with Gasteiger partial charge in [0.25, 0.3) is 5.91 Å². The van der Waals surface area contributed by atoms with Gasteiger partial charge in [-0.2, -0.15) is 0 Å². The largest absolute Gasteiger partial charge is 0.492 e. The van der Waals surface area contributed by atoms with Gasteiger partial charge in [0, 0.05) is 42.5 Å². The van der Waals surface area contributed by atoms with E-state index in [1.165, 1.54) is 0 Å². The Balaban J connectivity index is 1.79. The van der Waals surface area contributed by atoms with Crippen LogP contribution in [0.1, 0.15) is 28.8 Å². The first-order valence-electron chi connectivity index (χ1n) is 8.13. The third-order valence-corrected chi connectivity index (χ3v) is 5.41. The number of likely N-dealkylation sites (tertiary alicyclic amines) is 1. The highest BCUT2D eigenvalue weighted by Gasteiger charge is 2.36. The van der Waals surface area contributed by atoms with Gasteiger partial charge in [0.15, 0.2) is 0 Å². The fourth-order valence-corrected chi connectivity index (χ4v) is 3.83. The van der Waals surface area contributed by atoms with Gasteiger partial charge in [-0.15, -0.1) is 0 Å². The molecule has 0 radical (unpaired) electrons. The van der Waals surface area contributed by atoms with Crippen LogP contribution in [0.5, 0.6) is 5.75 Å². The highest BCUT2D eigenvalue weighted by Crippen LogP contribution is 2.36. The Bertz CT molecular complexity index is 664. The molecule has 7 heteroatoms. The third kappa shape index (κ3) is 3.28. The molecule has 0 aliphatic carbocycles. The maximum absolute atomic E-state index is 12.9. The number of nitrogens with one attached hydrogen (secondary N) is 1.